The number of carbonyl (C=O) groups is 2. The Kier molecular flexibility index (Phi) is 8.53. The molecule has 190 valence electrons. The van der Waals surface area contributed by atoms with Gasteiger partial charge in [0.25, 0.3) is 0 Å². The number of likely N-dealkylation sites (tertiary alicyclic amines) is 1. The predicted molar refractivity (Wildman–Crippen MR) is 140 cm³/mol. The second-order valence-corrected chi connectivity index (χ2v) is 9.61. The molecule has 2 atom stereocenters. The number of aromatic nitrogens is 3. The fourth-order valence-electron chi connectivity index (χ4n) is 4.88. The van der Waals surface area contributed by atoms with E-state index in [9.17, 15) is 9.59 Å². The van der Waals surface area contributed by atoms with Crippen LogP contribution in [0, 0.1) is 5.92 Å². The van der Waals surface area contributed by atoms with Crippen LogP contribution >= 0.6 is 11.6 Å². The topological polar surface area (TPSA) is 126 Å². The summed E-state index contributed by atoms with van der Waals surface area (Å²) in [5, 5.41) is 7.03. The maximum atomic E-state index is 12.9. The first-order valence-corrected chi connectivity index (χ1v) is 12.7. The summed E-state index contributed by atoms with van der Waals surface area (Å²) in [6, 6.07) is 5.75. The first kappa shape index (κ1) is 25.6. The van der Waals surface area contributed by atoms with E-state index < -0.39 is 0 Å². The normalized spacial score (nSPS) is 21.0. The van der Waals surface area contributed by atoms with Crippen LogP contribution in [0.25, 0.3) is 5.57 Å². The summed E-state index contributed by atoms with van der Waals surface area (Å²) in [7, 11) is 0. The zero-order valence-electron chi connectivity index (χ0n) is 20.2. The lowest BCUT2D eigenvalue weighted by Crippen LogP contribution is -2.47. The highest BCUT2D eigenvalue weighted by molar-refractivity contribution is 6.32. The minimum Gasteiger partial charge on any atom is -0.404 e. The van der Waals surface area contributed by atoms with E-state index in [0.29, 0.717) is 53.9 Å². The molecule has 1 saturated heterocycles. The first-order chi connectivity index (χ1) is 17.5. The molecule has 1 aliphatic carbocycles. The summed E-state index contributed by atoms with van der Waals surface area (Å²) in [4.78, 5) is 39.8. The van der Waals surface area contributed by atoms with Gasteiger partial charge in [-0.15, -0.1) is 0 Å². The number of amides is 2. The maximum absolute atomic E-state index is 12.9. The average Bonchev–Trinajstić information content (AvgIpc) is 2.91. The van der Waals surface area contributed by atoms with E-state index >= 15 is 0 Å². The quantitative estimate of drug-likeness (QED) is 0.489. The lowest BCUT2D eigenvalue weighted by molar-refractivity contribution is -0.132. The van der Waals surface area contributed by atoms with Crippen LogP contribution in [-0.4, -0.2) is 56.8 Å². The Hall–Kier alpha value is -3.46. The van der Waals surface area contributed by atoms with Crippen LogP contribution in [0.4, 0.5) is 5.95 Å². The number of nitrogens with one attached hydrogen (secondary N) is 2. The van der Waals surface area contributed by atoms with Crippen LogP contribution in [0.2, 0.25) is 5.02 Å². The smallest absolute Gasteiger partial charge is 0.245 e. The van der Waals surface area contributed by atoms with E-state index in [1.165, 1.54) is 12.3 Å². The molecule has 0 unspecified atom stereocenters. The van der Waals surface area contributed by atoms with Crippen LogP contribution in [0.5, 0.6) is 0 Å². The molecular formula is C26H32ClN7O2. The fraction of sp³-hybridized carbons (Fsp3) is 0.423. The maximum Gasteiger partial charge on any atom is 0.245 e. The molecule has 10 heteroatoms. The molecule has 9 nitrogen and oxygen atoms in total. The number of anilines is 1. The fourth-order valence-corrected chi connectivity index (χ4v) is 5.07. The molecule has 36 heavy (non-hydrogen) atoms. The molecule has 2 aliphatic rings. The van der Waals surface area contributed by atoms with Crippen molar-refractivity contribution in [1.29, 1.82) is 0 Å². The minimum absolute atomic E-state index is 0.0672. The molecule has 1 saturated carbocycles. The monoisotopic (exact) mass is 509 g/mol. The van der Waals surface area contributed by atoms with Crippen molar-refractivity contribution in [2.24, 2.45) is 11.7 Å². The third kappa shape index (κ3) is 6.20. The number of hydrogen-bond donors (Lipinski definition) is 3. The molecule has 3 heterocycles. The molecule has 2 aromatic heterocycles. The Bertz CT molecular complexity index is 1120. The molecule has 4 N–H and O–H groups in total. The van der Waals surface area contributed by atoms with E-state index in [1.54, 1.807) is 17.3 Å². The number of rotatable bonds is 7. The molecule has 0 bridgehead atoms. The second kappa shape index (κ2) is 12.0. The third-order valence-electron chi connectivity index (χ3n) is 6.81. The van der Waals surface area contributed by atoms with E-state index in [2.05, 4.69) is 32.2 Å². The molecule has 4 rings (SSSR count). The van der Waals surface area contributed by atoms with Gasteiger partial charge in [0.05, 0.1) is 22.6 Å². The zero-order valence-corrected chi connectivity index (χ0v) is 21.0. The SMILES string of the molecule is C=CC(=O)N1CCC(C(=O)N[C@H]2CCC[C@@H](Nc3ncc(Cl)c(C(=CN)c4ccccn4)n3)C2)CC1. The van der Waals surface area contributed by atoms with Crippen molar-refractivity contribution < 1.29 is 9.59 Å². The van der Waals surface area contributed by atoms with Crippen molar-refractivity contribution in [3.05, 3.63) is 65.9 Å². The van der Waals surface area contributed by atoms with Crippen molar-refractivity contribution >= 4 is 34.9 Å². The number of piperidine rings is 1. The number of hydrogen-bond acceptors (Lipinski definition) is 7. The lowest BCUT2D eigenvalue weighted by Gasteiger charge is -2.34. The minimum atomic E-state index is -0.0725. The van der Waals surface area contributed by atoms with Gasteiger partial charge >= 0.3 is 0 Å². The Morgan fingerprint density at radius 2 is 1.92 bits per heavy atom. The van der Waals surface area contributed by atoms with E-state index in [4.69, 9.17) is 17.3 Å². The van der Waals surface area contributed by atoms with E-state index in [-0.39, 0.29) is 29.8 Å². The van der Waals surface area contributed by atoms with Gasteiger partial charge in [-0.05, 0) is 56.7 Å². The van der Waals surface area contributed by atoms with E-state index in [1.807, 2.05) is 18.2 Å². The van der Waals surface area contributed by atoms with Crippen LogP contribution in [0.3, 0.4) is 0 Å². The number of carbonyl (C=O) groups excluding carboxylic acids is 2. The highest BCUT2D eigenvalue weighted by Crippen LogP contribution is 2.28. The Labute approximate surface area is 216 Å². The highest BCUT2D eigenvalue weighted by atomic mass is 35.5. The molecular weight excluding hydrogens is 478 g/mol. The van der Waals surface area contributed by atoms with Crippen molar-refractivity contribution in [1.82, 2.24) is 25.2 Å². The van der Waals surface area contributed by atoms with Gasteiger partial charge in [-0.3, -0.25) is 14.6 Å². The van der Waals surface area contributed by atoms with Gasteiger partial charge in [0, 0.05) is 49.1 Å². The van der Waals surface area contributed by atoms with Gasteiger partial charge < -0.3 is 21.3 Å². The Morgan fingerprint density at radius 1 is 1.14 bits per heavy atom. The number of pyridine rings is 1. The first-order valence-electron chi connectivity index (χ1n) is 12.3. The van der Waals surface area contributed by atoms with E-state index in [0.717, 1.165) is 25.7 Å². The van der Waals surface area contributed by atoms with Gasteiger partial charge in [-0.1, -0.05) is 24.2 Å². The van der Waals surface area contributed by atoms with Gasteiger partial charge in [-0.2, -0.15) is 0 Å². The zero-order chi connectivity index (χ0) is 25.5. The molecule has 0 aromatic carbocycles. The highest BCUT2D eigenvalue weighted by Gasteiger charge is 2.30. The largest absolute Gasteiger partial charge is 0.404 e. The summed E-state index contributed by atoms with van der Waals surface area (Å²) >= 11 is 6.40. The van der Waals surface area contributed by atoms with Crippen LogP contribution in [-0.2, 0) is 9.59 Å². The summed E-state index contributed by atoms with van der Waals surface area (Å²) < 4.78 is 0. The van der Waals surface area contributed by atoms with Crippen LogP contribution < -0.4 is 16.4 Å². The average molecular weight is 510 g/mol. The number of halogens is 1. The summed E-state index contributed by atoms with van der Waals surface area (Å²) in [5.74, 6) is 0.393. The van der Waals surface area contributed by atoms with Gasteiger partial charge in [0.1, 0.15) is 0 Å². The Morgan fingerprint density at radius 3 is 2.61 bits per heavy atom. The third-order valence-corrected chi connectivity index (χ3v) is 7.09. The summed E-state index contributed by atoms with van der Waals surface area (Å²) in [6.07, 6.45) is 11.0. The van der Waals surface area contributed by atoms with Gasteiger partial charge in [-0.25, -0.2) is 9.97 Å². The van der Waals surface area contributed by atoms with Crippen LogP contribution in [0.15, 0.2) is 49.4 Å². The number of nitrogens with two attached hydrogens (primary N) is 1. The molecule has 2 aromatic rings. The van der Waals surface area contributed by atoms with Crippen molar-refractivity contribution in [3.63, 3.8) is 0 Å². The molecule has 1 aliphatic heterocycles. The predicted octanol–water partition coefficient (Wildman–Crippen LogP) is 3.14. The van der Waals surface area contributed by atoms with Crippen molar-refractivity contribution in [2.75, 3.05) is 18.4 Å². The lowest BCUT2D eigenvalue weighted by atomic mass is 9.89. The molecule has 2 fully saturated rings. The second-order valence-electron chi connectivity index (χ2n) is 9.20. The summed E-state index contributed by atoms with van der Waals surface area (Å²) in [5.41, 5.74) is 7.70. The Balaban J connectivity index is 1.35. The van der Waals surface area contributed by atoms with Crippen molar-refractivity contribution in [3.8, 4) is 0 Å². The molecule has 2 amide bonds. The standard InChI is InChI=1S/C26H32ClN7O2/c1-2-23(35)34-12-9-17(10-13-34)25(36)31-18-6-5-7-19(14-18)32-26-30-16-21(27)24(33-26)20(15-28)22-8-3-4-11-29-22/h2-4,8,11,15-19H,1,5-7,9-10,12-14,28H2,(H,31,36)(H,30,32,33)/t18-,19+/m0/s1. The van der Waals surface area contributed by atoms with Gasteiger partial charge in [0.15, 0.2) is 0 Å². The molecule has 0 spiro atoms. The van der Waals surface area contributed by atoms with Gasteiger partial charge in [0.2, 0.25) is 17.8 Å². The summed E-state index contributed by atoms with van der Waals surface area (Å²) in [6.45, 7) is 4.72. The number of nitrogens with zero attached hydrogens (tertiary/aromatic N) is 4. The van der Waals surface area contributed by atoms with Crippen LogP contribution in [0.1, 0.15) is 49.9 Å². The van der Waals surface area contributed by atoms with Crippen molar-refractivity contribution in [2.45, 2.75) is 50.6 Å². The molecule has 0 radical (unpaired) electrons.